The molecule has 0 saturated heterocycles. The standard InChI is InChI=1S/C81H51N6O6.Ir/c1-85(58-34-37-70(82-46-58)52-19-10-16-49(40-52)61-25-13-28-67-64-22-4-7-31-73(64)91-76(61)67)79(88)55-43-56(80(89)86(2)59-35-38-71(83-47-59)53-20-11-17-50(41-53)62-26-14-29-68-65-23-5-8-32-74(65)92-77(62)68)45-57(44-55)81(90)87(3)60-36-39-72(84-48-60)54-21-12-18-51(42-54)63-27-15-30-69-66-24-6-9-33-75(66)93-78(63)69;/h4-18,22-48H,1-3H3;/q-3;+3. The fraction of sp³-hybridized carbons (Fsp3) is 0.0370. The van der Waals surface area contributed by atoms with Crippen LogP contribution >= 0.6 is 0 Å². The van der Waals surface area contributed by atoms with Gasteiger partial charge in [0.05, 0.1) is 17.1 Å². The zero-order valence-corrected chi connectivity index (χ0v) is 53.1. The molecule has 0 bridgehead atoms. The number of benzene rings is 10. The van der Waals surface area contributed by atoms with Crippen molar-refractivity contribution in [2.24, 2.45) is 0 Å². The summed E-state index contributed by atoms with van der Waals surface area (Å²) in [6, 6.07) is 85.5. The Morgan fingerprint density at radius 3 is 0.904 bits per heavy atom. The second kappa shape index (κ2) is 24.1. The van der Waals surface area contributed by atoms with Crippen LogP contribution in [-0.2, 0) is 20.1 Å². The Morgan fingerprint density at radius 2 is 0.617 bits per heavy atom. The van der Waals surface area contributed by atoms with Gasteiger partial charge in [0, 0.05) is 105 Å². The van der Waals surface area contributed by atoms with Crippen molar-refractivity contribution < 1.29 is 47.7 Å². The van der Waals surface area contributed by atoms with Gasteiger partial charge in [-0.1, -0.05) is 144 Å². The number of rotatable bonds is 12. The summed E-state index contributed by atoms with van der Waals surface area (Å²) in [5.74, 6) is -1.44. The summed E-state index contributed by atoms with van der Waals surface area (Å²) in [5, 5.41) is 6.24. The Labute approximate surface area is 553 Å². The first kappa shape index (κ1) is 58.5. The Balaban J connectivity index is 0.00000729. The van der Waals surface area contributed by atoms with E-state index >= 15 is 0 Å². The molecule has 10 aromatic carbocycles. The van der Waals surface area contributed by atoms with E-state index in [1.54, 1.807) is 57.9 Å². The summed E-state index contributed by atoms with van der Waals surface area (Å²) < 4.78 is 19.1. The number of nitrogens with zero attached hydrogens (tertiary/aromatic N) is 6. The molecule has 12 nitrogen and oxygen atoms in total. The summed E-state index contributed by atoms with van der Waals surface area (Å²) in [6.45, 7) is 0. The number of aromatic nitrogens is 3. The maximum absolute atomic E-state index is 14.9. The van der Waals surface area contributed by atoms with Gasteiger partial charge in [0.2, 0.25) is 0 Å². The topological polar surface area (TPSA) is 139 Å². The van der Waals surface area contributed by atoms with Crippen LogP contribution in [0.25, 0.3) is 133 Å². The second-order valence-corrected chi connectivity index (χ2v) is 22.9. The summed E-state index contributed by atoms with van der Waals surface area (Å²) in [4.78, 5) is 63.4. The van der Waals surface area contributed by atoms with Gasteiger partial charge in [-0.25, -0.2) is 0 Å². The monoisotopic (exact) mass is 1400 g/mol. The third-order valence-electron chi connectivity index (χ3n) is 17.4. The predicted octanol–water partition coefficient (Wildman–Crippen LogP) is 18.8. The van der Waals surface area contributed by atoms with E-state index in [0.717, 1.165) is 116 Å². The Kier molecular flexibility index (Phi) is 15.0. The maximum atomic E-state index is 14.9. The van der Waals surface area contributed by atoms with Crippen LogP contribution in [-0.4, -0.2) is 53.8 Å². The minimum absolute atomic E-state index is 0. The number of carbonyl (C=O) groups excluding carboxylic acids is 3. The fourth-order valence-electron chi connectivity index (χ4n) is 12.4. The molecule has 16 aromatic rings. The van der Waals surface area contributed by atoms with Crippen molar-refractivity contribution in [3.63, 3.8) is 0 Å². The molecule has 0 aliphatic heterocycles. The first-order valence-corrected chi connectivity index (χ1v) is 30.2. The number of fused-ring (bicyclic) bond motifs is 9. The van der Waals surface area contributed by atoms with Crippen LogP contribution < -0.4 is 14.7 Å². The average molecular weight is 1400 g/mol. The molecular formula is C81H51IrN6O6. The van der Waals surface area contributed by atoms with E-state index < -0.39 is 17.7 Å². The first-order valence-electron chi connectivity index (χ1n) is 30.2. The molecule has 0 spiro atoms. The Morgan fingerprint density at radius 1 is 0.330 bits per heavy atom. The van der Waals surface area contributed by atoms with Crippen LogP contribution in [0.1, 0.15) is 31.1 Å². The summed E-state index contributed by atoms with van der Waals surface area (Å²) in [5.41, 5.74) is 16.4. The van der Waals surface area contributed by atoms with E-state index in [0.29, 0.717) is 34.1 Å². The minimum Gasteiger partial charge on any atom is -0.455 e. The van der Waals surface area contributed by atoms with E-state index in [-0.39, 0.29) is 36.8 Å². The fourth-order valence-corrected chi connectivity index (χ4v) is 12.4. The van der Waals surface area contributed by atoms with Crippen LogP contribution in [0.3, 0.4) is 0 Å². The molecule has 0 N–H and O–H groups in total. The molecule has 0 aliphatic rings. The Bertz CT molecular complexity index is 5090. The normalized spacial score (nSPS) is 11.4. The van der Waals surface area contributed by atoms with Crippen LogP contribution in [0.2, 0.25) is 0 Å². The first-order chi connectivity index (χ1) is 45.6. The van der Waals surface area contributed by atoms with Crippen molar-refractivity contribution in [2.45, 2.75) is 0 Å². The quantitative estimate of drug-likeness (QED) is 0.109. The Hall–Kier alpha value is -11.9. The van der Waals surface area contributed by atoms with Crippen molar-refractivity contribution in [2.75, 3.05) is 35.8 Å². The van der Waals surface area contributed by atoms with E-state index in [1.807, 2.05) is 164 Å². The number of anilines is 3. The van der Waals surface area contributed by atoms with Gasteiger partial charge < -0.3 is 42.9 Å². The molecule has 13 heteroatoms. The van der Waals surface area contributed by atoms with Crippen LogP contribution in [0.5, 0.6) is 0 Å². The SMILES string of the molecule is CN(C(=O)c1cc(C(=O)N(C)c2ccc(-c3[c-]ccc(-c4cccc5c4oc4ccccc45)c3)nc2)cc(C(=O)N(C)c2ccc(-c3[c-]ccc(-c4cccc5c4oc4ccccc45)c3)nc2)c1)c1ccc(-c2[c-]ccc(-c3cccc4c3oc3ccccc34)c2)nc1.[Ir+3]. The number of carbonyl (C=O) groups is 3. The van der Waals surface area contributed by atoms with E-state index in [4.69, 9.17) is 28.2 Å². The molecule has 94 heavy (non-hydrogen) atoms. The number of hydrogen-bond donors (Lipinski definition) is 0. The largest absolute Gasteiger partial charge is 3.00 e. The molecule has 0 atom stereocenters. The maximum Gasteiger partial charge on any atom is 3.00 e. The van der Waals surface area contributed by atoms with E-state index in [1.165, 1.54) is 32.9 Å². The number of para-hydroxylation sites is 6. The molecule has 6 aromatic heterocycles. The summed E-state index contributed by atoms with van der Waals surface area (Å²) in [7, 11) is 4.90. The van der Waals surface area contributed by atoms with Crippen molar-refractivity contribution in [3.05, 3.63) is 290 Å². The van der Waals surface area contributed by atoms with Crippen molar-refractivity contribution in [3.8, 4) is 67.2 Å². The zero-order chi connectivity index (χ0) is 62.8. The van der Waals surface area contributed by atoms with E-state index in [2.05, 4.69) is 54.6 Å². The molecule has 6 heterocycles. The molecule has 3 amide bonds. The second-order valence-electron chi connectivity index (χ2n) is 22.9. The van der Waals surface area contributed by atoms with Gasteiger partial charge in [-0.3, -0.25) is 14.4 Å². The molecule has 16 rings (SSSR count). The molecule has 0 saturated carbocycles. The molecule has 0 radical (unpaired) electrons. The zero-order valence-electron chi connectivity index (χ0n) is 50.7. The predicted molar refractivity (Wildman–Crippen MR) is 368 cm³/mol. The summed E-state index contributed by atoms with van der Waals surface area (Å²) in [6.07, 6.45) is 4.86. The van der Waals surface area contributed by atoms with Gasteiger partial charge in [0.25, 0.3) is 17.7 Å². The van der Waals surface area contributed by atoms with Gasteiger partial charge >= 0.3 is 20.1 Å². The number of furan rings is 3. The van der Waals surface area contributed by atoms with E-state index in [9.17, 15) is 14.4 Å². The van der Waals surface area contributed by atoms with Gasteiger partial charge in [0.1, 0.15) is 33.5 Å². The van der Waals surface area contributed by atoms with Crippen molar-refractivity contribution in [1.82, 2.24) is 15.0 Å². The van der Waals surface area contributed by atoms with Gasteiger partial charge in [-0.2, -0.15) is 0 Å². The number of pyridine rings is 3. The smallest absolute Gasteiger partial charge is 0.455 e. The van der Waals surface area contributed by atoms with Crippen molar-refractivity contribution in [1.29, 1.82) is 0 Å². The van der Waals surface area contributed by atoms with Crippen LogP contribution in [0.4, 0.5) is 17.1 Å². The molecule has 0 aliphatic carbocycles. The number of hydrogen-bond acceptors (Lipinski definition) is 9. The number of amides is 3. The average Bonchev–Trinajstić information content (AvgIpc) is 1.74. The van der Waals surface area contributed by atoms with Crippen molar-refractivity contribution >= 4 is 101 Å². The third kappa shape index (κ3) is 10.4. The minimum atomic E-state index is -0.479. The molecule has 0 unspecified atom stereocenters. The van der Waals surface area contributed by atoms with Crippen LogP contribution in [0.15, 0.2) is 268 Å². The molecule has 450 valence electrons. The molecular weight excluding hydrogens is 1350 g/mol. The van der Waals surface area contributed by atoms with Gasteiger partial charge in [-0.15, -0.1) is 89.5 Å². The van der Waals surface area contributed by atoms with Gasteiger partial charge in [-0.05, 0) is 71.7 Å². The molecule has 0 fully saturated rings. The van der Waals surface area contributed by atoms with Gasteiger partial charge in [0.15, 0.2) is 0 Å². The third-order valence-corrected chi connectivity index (χ3v) is 17.4. The van der Waals surface area contributed by atoms with Crippen LogP contribution in [0, 0.1) is 18.2 Å². The summed E-state index contributed by atoms with van der Waals surface area (Å²) >= 11 is 0.